The number of carbonyl (C=O) groups excluding carboxylic acids is 1. The Morgan fingerprint density at radius 1 is 1.22 bits per heavy atom. The highest BCUT2D eigenvalue weighted by Crippen LogP contribution is 2.38. The second-order valence-electron chi connectivity index (χ2n) is 5.63. The summed E-state index contributed by atoms with van der Waals surface area (Å²) in [6.07, 6.45) is 2.76. The number of anilines is 2. The first-order chi connectivity index (χ1) is 11.2. The number of nitrogens with one attached hydrogen (secondary N) is 1. The number of hydroxylamine groups is 1. The zero-order chi connectivity index (χ0) is 16.0. The van der Waals surface area contributed by atoms with Crippen molar-refractivity contribution in [3.05, 3.63) is 48.0 Å². The minimum absolute atomic E-state index is 0.198. The van der Waals surface area contributed by atoms with Crippen molar-refractivity contribution < 1.29 is 14.4 Å². The Kier molecular flexibility index (Phi) is 3.12. The molecule has 2 atom stereocenters. The number of carbonyl (C=O) groups is 1. The molecule has 4 rings (SSSR count). The predicted molar refractivity (Wildman–Crippen MR) is 80.0 cm³/mol. The van der Waals surface area contributed by atoms with E-state index in [1.807, 2.05) is 6.07 Å². The van der Waals surface area contributed by atoms with Gasteiger partial charge in [0.25, 0.3) is 5.91 Å². The summed E-state index contributed by atoms with van der Waals surface area (Å²) in [5.41, 5.74) is 2.63. The van der Waals surface area contributed by atoms with Gasteiger partial charge in [0, 0.05) is 31.2 Å². The number of benzene rings is 1. The first-order valence-corrected chi connectivity index (χ1v) is 7.22. The van der Waals surface area contributed by atoms with E-state index in [4.69, 9.17) is 5.21 Å². The maximum absolute atomic E-state index is 13.3. The molecule has 0 bridgehead atoms. The zero-order valence-electron chi connectivity index (χ0n) is 12.1. The summed E-state index contributed by atoms with van der Waals surface area (Å²) in [6, 6.07) is 7.23. The number of halogens is 1. The van der Waals surface area contributed by atoms with Crippen LogP contribution in [0, 0.1) is 5.82 Å². The van der Waals surface area contributed by atoms with E-state index in [0.717, 1.165) is 18.8 Å². The molecule has 1 amide bonds. The molecule has 3 heterocycles. The molecule has 0 radical (unpaired) electrons. The van der Waals surface area contributed by atoms with Gasteiger partial charge in [0.1, 0.15) is 5.82 Å². The van der Waals surface area contributed by atoms with E-state index in [-0.39, 0.29) is 11.4 Å². The van der Waals surface area contributed by atoms with Crippen molar-refractivity contribution in [1.82, 2.24) is 15.4 Å². The Labute approximate surface area is 131 Å². The maximum Gasteiger partial charge on any atom is 0.277 e. The van der Waals surface area contributed by atoms with Gasteiger partial charge in [-0.15, -0.1) is 0 Å². The van der Waals surface area contributed by atoms with E-state index in [0.29, 0.717) is 18.0 Å². The number of amides is 1. The molecule has 2 aliphatic rings. The normalized spacial score (nSPS) is 22.0. The smallest absolute Gasteiger partial charge is 0.277 e. The SMILES string of the molecule is O=C(NO)c1cnc(N2CC3C2CN3c2cccc(F)c2)nc1. The fraction of sp³-hybridized carbons (Fsp3) is 0.267. The minimum atomic E-state index is -0.640. The lowest BCUT2D eigenvalue weighted by Crippen LogP contribution is -2.79. The maximum atomic E-state index is 13.3. The molecule has 2 aliphatic heterocycles. The first kappa shape index (κ1) is 13.9. The average Bonchev–Trinajstić information content (AvgIpc) is 2.56. The third-order valence-corrected chi connectivity index (χ3v) is 4.41. The second kappa shape index (κ2) is 5.17. The van der Waals surface area contributed by atoms with Crippen molar-refractivity contribution in [2.45, 2.75) is 12.1 Å². The lowest BCUT2D eigenvalue weighted by molar-refractivity contribution is 0.0705. The second-order valence-corrected chi connectivity index (χ2v) is 5.63. The summed E-state index contributed by atoms with van der Waals surface area (Å²) in [5, 5.41) is 8.57. The lowest BCUT2D eigenvalue weighted by atomic mass is 9.85. The van der Waals surface area contributed by atoms with E-state index in [1.165, 1.54) is 24.5 Å². The molecule has 23 heavy (non-hydrogen) atoms. The Morgan fingerprint density at radius 2 is 1.91 bits per heavy atom. The molecule has 2 N–H and O–H groups in total. The highest BCUT2D eigenvalue weighted by atomic mass is 19.1. The summed E-state index contributed by atoms with van der Waals surface area (Å²) in [6.45, 7) is 1.54. The summed E-state index contributed by atoms with van der Waals surface area (Å²) in [4.78, 5) is 23.8. The number of rotatable bonds is 3. The standard InChI is InChI=1S/C15H14FN5O2/c16-10-2-1-3-11(4-10)20-7-13-12(20)8-21(13)15-17-5-9(6-18-15)14(22)19-23/h1-6,12-13,23H,7-8H2,(H,19,22). The molecule has 0 saturated carbocycles. The molecule has 7 nitrogen and oxygen atoms in total. The van der Waals surface area contributed by atoms with Crippen LogP contribution in [0.1, 0.15) is 10.4 Å². The summed E-state index contributed by atoms with van der Waals surface area (Å²) in [5.74, 6) is -0.318. The van der Waals surface area contributed by atoms with Crippen molar-refractivity contribution in [1.29, 1.82) is 0 Å². The van der Waals surface area contributed by atoms with E-state index >= 15 is 0 Å². The molecule has 0 aliphatic carbocycles. The van der Waals surface area contributed by atoms with Gasteiger partial charge in [0.2, 0.25) is 5.95 Å². The van der Waals surface area contributed by atoms with Gasteiger partial charge in [-0.05, 0) is 18.2 Å². The molecular weight excluding hydrogens is 301 g/mol. The van der Waals surface area contributed by atoms with Crippen LogP contribution in [0.5, 0.6) is 0 Å². The third-order valence-electron chi connectivity index (χ3n) is 4.41. The highest BCUT2D eigenvalue weighted by molar-refractivity contribution is 5.92. The quantitative estimate of drug-likeness (QED) is 0.644. The fourth-order valence-corrected chi connectivity index (χ4v) is 3.09. The molecule has 2 unspecified atom stereocenters. The molecule has 1 aromatic heterocycles. The van der Waals surface area contributed by atoms with Crippen LogP contribution >= 0.6 is 0 Å². The van der Waals surface area contributed by atoms with E-state index in [1.54, 1.807) is 11.5 Å². The Bertz CT molecular complexity index is 754. The van der Waals surface area contributed by atoms with Crippen LogP contribution in [0.3, 0.4) is 0 Å². The Balaban J connectivity index is 1.43. The van der Waals surface area contributed by atoms with Crippen LogP contribution < -0.4 is 15.3 Å². The molecule has 2 fully saturated rings. The Morgan fingerprint density at radius 3 is 2.52 bits per heavy atom. The topological polar surface area (TPSA) is 81.6 Å². The predicted octanol–water partition coefficient (Wildman–Crippen LogP) is 0.812. The number of aromatic nitrogens is 2. The van der Waals surface area contributed by atoms with Gasteiger partial charge in [-0.2, -0.15) is 0 Å². The van der Waals surface area contributed by atoms with Gasteiger partial charge in [-0.1, -0.05) is 6.07 Å². The van der Waals surface area contributed by atoms with Crippen LogP contribution in [0.4, 0.5) is 16.0 Å². The van der Waals surface area contributed by atoms with Gasteiger partial charge >= 0.3 is 0 Å². The molecule has 8 heteroatoms. The zero-order valence-corrected chi connectivity index (χ0v) is 12.1. The van der Waals surface area contributed by atoms with Crippen LogP contribution in [0.15, 0.2) is 36.7 Å². The van der Waals surface area contributed by atoms with Crippen LogP contribution in [0.25, 0.3) is 0 Å². The van der Waals surface area contributed by atoms with Crippen LogP contribution in [-0.4, -0.2) is 46.3 Å². The average molecular weight is 315 g/mol. The van der Waals surface area contributed by atoms with Crippen LogP contribution in [0.2, 0.25) is 0 Å². The summed E-state index contributed by atoms with van der Waals surface area (Å²) >= 11 is 0. The molecule has 118 valence electrons. The lowest BCUT2D eigenvalue weighted by Gasteiger charge is -2.62. The van der Waals surface area contributed by atoms with Crippen LogP contribution in [-0.2, 0) is 0 Å². The van der Waals surface area contributed by atoms with Crippen molar-refractivity contribution in [2.24, 2.45) is 0 Å². The molecular formula is C15H14FN5O2. The summed E-state index contributed by atoms with van der Waals surface area (Å²) < 4.78 is 13.3. The molecule has 1 aromatic carbocycles. The number of nitrogens with zero attached hydrogens (tertiary/aromatic N) is 4. The first-order valence-electron chi connectivity index (χ1n) is 7.22. The highest BCUT2D eigenvalue weighted by Gasteiger charge is 2.52. The monoisotopic (exact) mass is 315 g/mol. The van der Waals surface area contributed by atoms with Crippen molar-refractivity contribution in [3.8, 4) is 0 Å². The van der Waals surface area contributed by atoms with Crippen molar-refractivity contribution in [2.75, 3.05) is 22.9 Å². The minimum Gasteiger partial charge on any atom is -0.362 e. The van der Waals surface area contributed by atoms with E-state index < -0.39 is 5.91 Å². The van der Waals surface area contributed by atoms with Gasteiger partial charge in [-0.3, -0.25) is 10.0 Å². The van der Waals surface area contributed by atoms with Gasteiger partial charge < -0.3 is 9.80 Å². The van der Waals surface area contributed by atoms with Crippen molar-refractivity contribution >= 4 is 17.5 Å². The fourth-order valence-electron chi connectivity index (χ4n) is 3.09. The number of fused-ring (bicyclic) bond motifs is 1. The van der Waals surface area contributed by atoms with E-state index in [2.05, 4.69) is 19.8 Å². The molecule has 2 aromatic rings. The molecule has 2 saturated heterocycles. The number of hydrogen-bond acceptors (Lipinski definition) is 6. The third kappa shape index (κ3) is 2.18. The Hall–Kier alpha value is -2.74. The molecule has 0 spiro atoms. The number of hydrogen-bond donors (Lipinski definition) is 2. The van der Waals surface area contributed by atoms with Gasteiger partial charge in [-0.25, -0.2) is 19.8 Å². The van der Waals surface area contributed by atoms with Gasteiger partial charge in [0.05, 0.1) is 17.6 Å². The van der Waals surface area contributed by atoms with Crippen molar-refractivity contribution in [3.63, 3.8) is 0 Å². The summed E-state index contributed by atoms with van der Waals surface area (Å²) in [7, 11) is 0. The van der Waals surface area contributed by atoms with E-state index in [9.17, 15) is 9.18 Å². The van der Waals surface area contributed by atoms with Gasteiger partial charge in [0.15, 0.2) is 0 Å². The number of piperazine rings is 1. The largest absolute Gasteiger partial charge is 0.362 e.